The molecule has 3 aliphatic rings. The maximum Gasteiger partial charge on any atom is 0.318 e. The Morgan fingerprint density at radius 2 is 2.15 bits per heavy atom. The third-order valence-corrected chi connectivity index (χ3v) is 8.60. The molecule has 218 valence electrons. The van der Waals surface area contributed by atoms with Gasteiger partial charge in [0.25, 0.3) is 0 Å². The van der Waals surface area contributed by atoms with Gasteiger partial charge in [0.1, 0.15) is 18.2 Å². The molecule has 41 heavy (non-hydrogen) atoms. The number of amides is 1. The van der Waals surface area contributed by atoms with E-state index in [1.54, 1.807) is 11.0 Å². The van der Waals surface area contributed by atoms with E-state index < -0.39 is 0 Å². The van der Waals surface area contributed by atoms with Crippen molar-refractivity contribution in [3.63, 3.8) is 0 Å². The Hall–Kier alpha value is -3.55. The molecule has 5 rings (SSSR count). The highest BCUT2D eigenvalue weighted by Crippen LogP contribution is 2.31. The Bertz CT molecular complexity index is 1310. The van der Waals surface area contributed by atoms with Gasteiger partial charge in [0, 0.05) is 43.2 Å². The molecular weight excluding hydrogens is 523 g/mol. The van der Waals surface area contributed by atoms with Gasteiger partial charge in [-0.05, 0) is 57.0 Å². The van der Waals surface area contributed by atoms with Crippen molar-refractivity contribution in [2.75, 3.05) is 44.7 Å². The molecule has 1 aromatic heterocycles. The molecule has 2 aromatic rings. The Balaban J connectivity index is 1.44. The summed E-state index contributed by atoms with van der Waals surface area (Å²) in [6.07, 6.45) is 5.44. The summed E-state index contributed by atoms with van der Waals surface area (Å²) in [7, 11) is 2.11. The minimum absolute atomic E-state index is 0.153. The van der Waals surface area contributed by atoms with Crippen molar-refractivity contribution in [1.29, 1.82) is 5.26 Å². The molecule has 2 unspecified atom stereocenters. The molecule has 0 saturated carbocycles. The molecule has 10 heteroatoms. The van der Waals surface area contributed by atoms with Crippen LogP contribution in [-0.2, 0) is 35.4 Å². The van der Waals surface area contributed by atoms with Crippen LogP contribution >= 0.6 is 0 Å². The Kier molecular flexibility index (Phi) is 9.15. The fourth-order valence-electron chi connectivity index (χ4n) is 6.26. The number of ether oxygens (including phenoxy) is 2. The maximum absolute atomic E-state index is 14.3. The van der Waals surface area contributed by atoms with E-state index in [-0.39, 0.29) is 36.9 Å². The van der Waals surface area contributed by atoms with Gasteiger partial charge in [0.05, 0.1) is 36.9 Å². The number of piperazine rings is 1. The molecular formula is C31H39FN6O3. The Morgan fingerprint density at radius 3 is 2.88 bits per heavy atom. The summed E-state index contributed by atoms with van der Waals surface area (Å²) in [5, 5.41) is 9.48. The highest BCUT2D eigenvalue weighted by atomic mass is 19.1. The van der Waals surface area contributed by atoms with Gasteiger partial charge >= 0.3 is 6.01 Å². The summed E-state index contributed by atoms with van der Waals surface area (Å²) < 4.78 is 26.7. The normalized spacial score (nSPS) is 22.7. The zero-order valence-electron chi connectivity index (χ0n) is 24.0. The predicted octanol–water partition coefficient (Wildman–Crippen LogP) is 3.45. The Morgan fingerprint density at radius 1 is 1.29 bits per heavy atom. The van der Waals surface area contributed by atoms with Crippen molar-refractivity contribution in [3.05, 3.63) is 59.1 Å². The number of nitrogens with zero attached hydrogens (tertiary/aromatic N) is 6. The van der Waals surface area contributed by atoms with Crippen LogP contribution in [0.4, 0.5) is 10.2 Å². The number of hydrogen-bond donors (Lipinski definition) is 0. The largest absolute Gasteiger partial charge is 0.462 e. The van der Waals surface area contributed by atoms with Crippen molar-refractivity contribution in [1.82, 2.24) is 19.8 Å². The van der Waals surface area contributed by atoms with Crippen LogP contribution in [0, 0.1) is 17.1 Å². The highest BCUT2D eigenvalue weighted by molar-refractivity contribution is 5.87. The fraction of sp³-hybridized carbons (Fsp3) is 0.548. The number of rotatable bonds is 9. The molecule has 0 radical (unpaired) electrons. The van der Waals surface area contributed by atoms with E-state index in [0.717, 1.165) is 42.0 Å². The lowest BCUT2D eigenvalue weighted by atomic mass is 9.95. The molecule has 0 N–H and O–H groups in total. The molecule has 2 fully saturated rings. The summed E-state index contributed by atoms with van der Waals surface area (Å²) in [6.45, 7) is 9.02. The molecule has 2 saturated heterocycles. The number of carbonyl (C=O) groups is 1. The lowest BCUT2D eigenvalue weighted by Gasteiger charge is -2.41. The van der Waals surface area contributed by atoms with E-state index in [9.17, 15) is 14.4 Å². The van der Waals surface area contributed by atoms with Crippen molar-refractivity contribution in [3.8, 4) is 12.1 Å². The van der Waals surface area contributed by atoms with Crippen LogP contribution in [0.15, 0.2) is 30.9 Å². The van der Waals surface area contributed by atoms with E-state index in [4.69, 9.17) is 19.4 Å². The first-order valence-electron chi connectivity index (χ1n) is 14.6. The molecule has 1 amide bonds. The first-order valence-corrected chi connectivity index (χ1v) is 14.6. The minimum atomic E-state index is -0.271. The van der Waals surface area contributed by atoms with Crippen molar-refractivity contribution in [2.24, 2.45) is 0 Å². The second-order valence-corrected chi connectivity index (χ2v) is 11.1. The number of likely N-dealkylation sites (tertiary alicyclic amines) is 1. The summed E-state index contributed by atoms with van der Waals surface area (Å²) in [4.78, 5) is 28.5. The number of benzene rings is 1. The lowest BCUT2D eigenvalue weighted by Crippen LogP contribution is -2.55. The first kappa shape index (κ1) is 29.0. The third kappa shape index (κ3) is 6.36. The summed E-state index contributed by atoms with van der Waals surface area (Å²) >= 11 is 0. The van der Waals surface area contributed by atoms with Gasteiger partial charge in [-0.15, -0.1) is 0 Å². The van der Waals surface area contributed by atoms with Gasteiger partial charge in [-0.2, -0.15) is 15.2 Å². The zero-order valence-corrected chi connectivity index (χ0v) is 24.0. The van der Waals surface area contributed by atoms with E-state index in [1.165, 1.54) is 12.1 Å². The molecule has 9 nitrogen and oxygen atoms in total. The van der Waals surface area contributed by atoms with Gasteiger partial charge in [-0.1, -0.05) is 25.6 Å². The highest BCUT2D eigenvalue weighted by Gasteiger charge is 2.33. The minimum Gasteiger partial charge on any atom is -0.462 e. The quantitative estimate of drug-likeness (QED) is 0.429. The smallest absolute Gasteiger partial charge is 0.318 e. The number of hydrogen-bond acceptors (Lipinski definition) is 8. The van der Waals surface area contributed by atoms with E-state index in [0.29, 0.717) is 63.1 Å². The SMILES string of the molecule is C=CC(=O)N1CCN(c2nc(OCC3CCCN3C)nc(C[C@H]3Cc4cccc(F)c4CO3)c2CC)CC1CC#N. The third-order valence-electron chi connectivity index (χ3n) is 8.60. The monoisotopic (exact) mass is 562 g/mol. The van der Waals surface area contributed by atoms with Gasteiger partial charge < -0.3 is 24.2 Å². The average Bonchev–Trinajstić information content (AvgIpc) is 3.40. The van der Waals surface area contributed by atoms with Crippen LogP contribution in [0.1, 0.15) is 48.6 Å². The Labute approximate surface area is 241 Å². The number of nitriles is 1. The van der Waals surface area contributed by atoms with Crippen LogP contribution in [0.5, 0.6) is 6.01 Å². The molecule has 0 spiro atoms. The second-order valence-electron chi connectivity index (χ2n) is 11.1. The molecule has 3 aliphatic heterocycles. The summed E-state index contributed by atoms with van der Waals surface area (Å²) in [6, 6.07) is 7.79. The van der Waals surface area contributed by atoms with Crippen LogP contribution in [0.25, 0.3) is 0 Å². The zero-order chi connectivity index (χ0) is 28.9. The topological polar surface area (TPSA) is 94.8 Å². The van der Waals surface area contributed by atoms with Gasteiger partial charge in [-0.3, -0.25) is 4.79 Å². The predicted molar refractivity (Wildman–Crippen MR) is 153 cm³/mol. The maximum atomic E-state index is 14.3. The van der Waals surface area contributed by atoms with Gasteiger partial charge in [0.2, 0.25) is 5.91 Å². The van der Waals surface area contributed by atoms with Crippen LogP contribution in [-0.4, -0.2) is 83.7 Å². The summed E-state index contributed by atoms with van der Waals surface area (Å²) in [5.41, 5.74) is 3.46. The van der Waals surface area contributed by atoms with Crippen molar-refractivity contribution in [2.45, 2.75) is 70.2 Å². The lowest BCUT2D eigenvalue weighted by molar-refractivity contribution is -0.128. The van der Waals surface area contributed by atoms with Gasteiger partial charge in [0.15, 0.2) is 0 Å². The number of anilines is 1. The van der Waals surface area contributed by atoms with Crippen LogP contribution in [0.2, 0.25) is 0 Å². The average molecular weight is 563 g/mol. The van der Waals surface area contributed by atoms with Crippen LogP contribution in [0.3, 0.4) is 0 Å². The van der Waals surface area contributed by atoms with Crippen molar-refractivity contribution < 1.29 is 18.7 Å². The van der Waals surface area contributed by atoms with E-state index >= 15 is 0 Å². The molecule has 0 bridgehead atoms. The van der Waals surface area contributed by atoms with Crippen LogP contribution < -0.4 is 9.64 Å². The number of aromatic nitrogens is 2. The molecule has 3 atom stereocenters. The van der Waals surface area contributed by atoms with E-state index in [1.807, 2.05) is 6.07 Å². The standard InChI is InChI=1S/C31H39FN6O3/c1-4-25-28(17-24-16-21-8-6-10-27(32)26(21)20-40-24)34-31(41-19-23-9-7-13-36(23)3)35-30(25)37-14-15-38(29(39)5-2)22(18-37)11-12-33/h5-6,8,10,22-24H,2,4,7,9,11,13-20H2,1,3H3/t22?,23?,24-/m1/s1. The van der Waals surface area contributed by atoms with Crippen molar-refractivity contribution >= 4 is 11.7 Å². The number of fused-ring (bicyclic) bond motifs is 1. The van der Waals surface area contributed by atoms with Gasteiger partial charge in [-0.25, -0.2) is 4.39 Å². The molecule has 1 aromatic carbocycles. The number of likely N-dealkylation sites (N-methyl/N-ethyl adjacent to an activating group) is 1. The molecule has 0 aliphatic carbocycles. The number of halogens is 1. The first-order chi connectivity index (χ1) is 19.9. The second kappa shape index (κ2) is 13.0. The fourth-order valence-corrected chi connectivity index (χ4v) is 6.26. The summed E-state index contributed by atoms with van der Waals surface area (Å²) in [5.74, 6) is 0.385. The molecule has 4 heterocycles. The number of carbonyl (C=O) groups excluding carboxylic acids is 1. The van der Waals surface area contributed by atoms with E-state index in [2.05, 4.69) is 36.4 Å².